The Hall–Kier alpha value is -1.06. The number of carbonyl (C=O) groups is 2. The van der Waals surface area contributed by atoms with E-state index in [-0.39, 0.29) is 23.7 Å². The number of hydrogen-bond acceptors (Lipinski definition) is 2. The maximum atomic E-state index is 12.3. The summed E-state index contributed by atoms with van der Waals surface area (Å²) in [7, 11) is 0. The summed E-state index contributed by atoms with van der Waals surface area (Å²) < 4.78 is 0. The fourth-order valence-electron chi connectivity index (χ4n) is 3.66. The normalized spacial score (nSPS) is 35.4. The highest BCUT2D eigenvalue weighted by atomic mass is 16.2. The molecule has 2 fully saturated rings. The van der Waals surface area contributed by atoms with E-state index in [1.807, 2.05) is 11.8 Å². The van der Waals surface area contributed by atoms with Gasteiger partial charge in [-0.3, -0.25) is 9.59 Å². The van der Waals surface area contributed by atoms with Crippen molar-refractivity contribution in [1.82, 2.24) is 4.90 Å². The minimum absolute atomic E-state index is 0.158. The quantitative estimate of drug-likeness (QED) is 0.846. The van der Waals surface area contributed by atoms with E-state index in [0.29, 0.717) is 25.4 Å². The van der Waals surface area contributed by atoms with Gasteiger partial charge in [-0.1, -0.05) is 26.7 Å². The molecule has 1 saturated carbocycles. The minimum Gasteiger partial charge on any atom is -0.369 e. The highest BCUT2D eigenvalue weighted by Gasteiger charge is 2.36. The molecule has 4 heteroatoms. The monoisotopic (exact) mass is 266 g/mol. The van der Waals surface area contributed by atoms with Gasteiger partial charge < -0.3 is 10.6 Å². The van der Waals surface area contributed by atoms with Crippen LogP contribution in [0.5, 0.6) is 0 Å². The second-order valence-electron chi connectivity index (χ2n) is 6.63. The molecule has 0 aromatic carbocycles. The molecule has 4 atom stereocenters. The number of likely N-dealkylation sites (tertiary alicyclic amines) is 1. The standard InChI is InChI=1S/C15H26N2O2/c1-10-4-3-5-12(6-10)7-14(18)17-8-11(2)13(9-17)15(16)19/h10-13H,3-9H2,1-2H3,(H2,16,19)/t10?,11-,12?,13-/m1/s1. The van der Waals surface area contributed by atoms with Gasteiger partial charge in [0.15, 0.2) is 0 Å². The summed E-state index contributed by atoms with van der Waals surface area (Å²) in [5.74, 6) is 1.28. The molecule has 0 aromatic heterocycles. The summed E-state index contributed by atoms with van der Waals surface area (Å²) in [4.78, 5) is 25.5. The third-order valence-electron chi connectivity index (χ3n) is 4.84. The maximum Gasteiger partial charge on any atom is 0.222 e. The first-order chi connectivity index (χ1) is 8.97. The molecular formula is C15H26N2O2. The highest BCUT2D eigenvalue weighted by molar-refractivity contribution is 5.81. The van der Waals surface area contributed by atoms with Crippen molar-refractivity contribution in [2.24, 2.45) is 29.4 Å². The average molecular weight is 266 g/mol. The number of nitrogens with two attached hydrogens (primary N) is 1. The second kappa shape index (κ2) is 5.93. The Bertz CT molecular complexity index is 356. The largest absolute Gasteiger partial charge is 0.369 e. The number of nitrogens with zero attached hydrogens (tertiary/aromatic N) is 1. The zero-order valence-corrected chi connectivity index (χ0v) is 12.1. The third-order valence-corrected chi connectivity index (χ3v) is 4.84. The number of rotatable bonds is 3. The maximum absolute atomic E-state index is 12.3. The van der Waals surface area contributed by atoms with E-state index in [2.05, 4.69) is 6.92 Å². The van der Waals surface area contributed by atoms with E-state index in [4.69, 9.17) is 5.73 Å². The van der Waals surface area contributed by atoms with Crippen molar-refractivity contribution in [3.05, 3.63) is 0 Å². The van der Waals surface area contributed by atoms with E-state index in [1.165, 1.54) is 25.7 Å². The second-order valence-corrected chi connectivity index (χ2v) is 6.63. The molecule has 2 N–H and O–H groups in total. The number of carbonyl (C=O) groups excluding carboxylic acids is 2. The summed E-state index contributed by atoms with van der Waals surface area (Å²) in [5, 5.41) is 0. The summed E-state index contributed by atoms with van der Waals surface area (Å²) in [6, 6.07) is 0. The topological polar surface area (TPSA) is 63.4 Å². The molecule has 2 aliphatic rings. The van der Waals surface area contributed by atoms with Crippen molar-refractivity contribution in [1.29, 1.82) is 0 Å². The average Bonchev–Trinajstić information content (AvgIpc) is 2.71. The first-order valence-corrected chi connectivity index (χ1v) is 7.54. The number of hydrogen-bond donors (Lipinski definition) is 1. The molecule has 2 unspecified atom stereocenters. The fourth-order valence-corrected chi connectivity index (χ4v) is 3.66. The molecule has 0 spiro atoms. The molecule has 2 rings (SSSR count). The summed E-state index contributed by atoms with van der Waals surface area (Å²) in [6.45, 7) is 5.50. The van der Waals surface area contributed by atoms with Crippen molar-refractivity contribution in [2.75, 3.05) is 13.1 Å². The molecule has 2 amide bonds. The summed E-state index contributed by atoms with van der Waals surface area (Å²) in [6.07, 6.45) is 5.56. The summed E-state index contributed by atoms with van der Waals surface area (Å²) >= 11 is 0. The molecule has 1 saturated heterocycles. The van der Waals surface area contributed by atoms with E-state index in [1.54, 1.807) is 0 Å². The first kappa shape index (κ1) is 14.4. The first-order valence-electron chi connectivity index (χ1n) is 7.54. The van der Waals surface area contributed by atoms with Crippen LogP contribution in [0.4, 0.5) is 0 Å². The lowest BCUT2D eigenvalue weighted by molar-refractivity contribution is -0.131. The van der Waals surface area contributed by atoms with Gasteiger partial charge in [0.25, 0.3) is 0 Å². The van der Waals surface area contributed by atoms with Crippen LogP contribution in [0.25, 0.3) is 0 Å². The lowest BCUT2D eigenvalue weighted by atomic mass is 9.80. The molecule has 0 bridgehead atoms. The van der Waals surface area contributed by atoms with Gasteiger partial charge in [0.1, 0.15) is 0 Å². The zero-order chi connectivity index (χ0) is 14.0. The van der Waals surface area contributed by atoms with E-state index < -0.39 is 0 Å². The zero-order valence-electron chi connectivity index (χ0n) is 12.1. The van der Waals surface area contributed by atoms with Crippen molar-refractivity contribution < 1.29 is 9.59 Å². The van der Waals surface area contributed by atoms with Crippen molar-refractivity contribution in [3.63, 3.8) is 0 Å². The number of amides is 2. The van der Waals surface area contributed by atoms with Crippen LogP contribution in [-0.4, -0.2) is 29.8 Å². The van der Waals surface area contributed by atoms with Crippen LogP contribution in [0.2, 0.25) is 0 Å². The van der Waals surface area contributed by atoms with Crippen LogP contribution >= 0.6 is 0 Å². The Balaban J connectivity index is 1.85. The fraction of sp³-hybridized carbons (Fsp3) is 0.867. The Morgan fingerprint density at radius 1 is 1.21 bits per heavy atom. The van der Waals surface area contributed by atoms with Gasteiger partial charge in [-0.2, -0.15) is 0 Å². The van der Waals surface area contributed by atoms with Crippen molar-refractivity contribution >= 4 is 11.8 Å². The van der Waals surface area contributed by atoms with Crippen LogP contribution in [0, 0.1) is 23.7 Å². The van der Waals surface area contributed by atoms with Gasteiger partial charge in [-0.25, -0.2) is 0 Å². The van der Waals surface area contributed by atoms with E-state index >= 15 is 0 Å². The van der Waals surface area contributed by atoms with Crippen LogP contribution in [-0.2, 0) is 9.59 Å². The molecule has 1 heterocycles. The van der Waals surface area contributed by atoms with Gasteiger partial charge in [-0.15, -0.1) is 0 Å². The predicted molar refractivity (Wildman–Crippen MR) is 74.2 cm³/mol. The Morgan fingerprint density at radius 2 is 1.95 bits per heavy atom. The molecule has 0 aromatic rings. The Labute approximate surface area is 115 Å². The lowest BCUT2D eigenvalue weighted by Crippen LogP contribution is -2.33. The highest BCUT2D eigenvalue weighted by Crippen LogP contribution is 2.32. The molecule has 19 heavy (non-hydrogen) atoms. The molecular weight excluding hydrogens is 240 g/mol. The molecule has 4 nitrogen and oxygen atoms in total. The van der Waals surface area contributed by atoms with Gasteiger partial charge >= 0.3 is 0 Å². The molecule has 1 aliphatic heterocycles. The van der Waals surface area contributed by atoms with Gasteiger partial charge in [0.05, 0.1) is 5.92 Å². The van der Waals surface area contributed by atoms with Crippen LogP contribution < -0.4 is 5.73 Å². The Kier molecular flexibility index (Phi) is 4.48. The van der Waals surface area contributed by atoms with Crippen LogP contribution in [0.3, 0.4) is 0 Å². The summed E-state index contributed by atoms with van der Waals surface area (Å²) in [5.41, 5.74) is 5.38. The Morgan fingerprint density at radius 3 is 2.53 bits per heavy atom. The smallest absolute Gasteiger partial charge is 0.222 e. The SMILES string of the molecule is CC1CCCC(CC(=O)N2C[C@@H](C)[C@H](C(N)=O)C2)C1. The van der Waals surface area contributed by atoms with Gasteiger partial charge in [0, 0.05) is 19.5 Å². The molecule has 0 radical (unpaired) electrons. The van der Waals surface area contributed by atoms with E-state index in [0.717, 1.165) is 5.92 Å². The van der Waals surface area contributed by atoms with Crippen molar-refractivity contribution in [2.45, 2.75) is 46.0 Å². The van der Waals surface area contributed by atoms with Crippen LogP contribution in [0.15, 0.2) is 0 Å². The molecule has 1 aliphatic carbocycles. The minimum atomic E-state index is -0.269. The third kappa shape index (κ3) is 3.48. The van der Waals surface area contributed by atoms with Crippen molar-refractivity contribution in [3.8, 4) is 0 Å². The number of primary amides is 1. The van der Waals surface area contributed by atoms with Gasteiger partial charge in [0.2, 0.25) is 11.8 Å². The van der Waals surface area contributed by atoms with Gasteiger partial charge in [-0.05, 0) is 30.6 Å². The predicted octanol–water partition coefficient (Wildman–Crippen LogP) is 1.78. The van der Waals surface area contributed by atoms with Crippen LogP contribution in [0.1, 0.15) is 46.0 Å². The van der Waals surface area contributed by atoms with E-state index in [9.17, 15) is 9.59 Å². The molecule has 108 valence electrons. The lowest BCUT2D eigenvalue weighted by Gasteiger charge is -2.27.